The first-order chi connectivity index (χ1) is 18.0. The zero-order chi connectivity index (χ0) is 25.7. The minimum absolute atomic E-state index is 0.0956. The van der Waals surface area contributed by atoms with Crippen LogP contribution in [0.3, 0.4) is 0 Å². The molecule has 8 heteroatoms. The molecular formula is C29H25N5O3. The smallest absolute Gasteiger partial charge is 0.261 e. The zero-order valence-corrected chi connectivity index (χ0v) is 20.5. The van der Waals surface area contributed by atoms with Gasteiger partial charge in [0.1, 0.15) is 5.69 Å². The van der Waals surface area contributed by atoms with E-state index in [0.29, 0.717) is 16.8 Å². The molecule has 2 aromatic heterocycles. The number of benzene rings is 3. The van der Waals surface area contributed by atoms with Crippen molar-refractivity contribution in [2.24, 2.45) is 0 Å². The lowest BCUT2D eigenvalue weighted by molar-refractivity contribution is -0.122. The Morgan fingerprint density at radius 3 is 2.32 bits per heavy atom. The number of para-hydroxylation sites is 2. The number of imide groups is 1. The molecule has 0 saturated heterocycles. The van der Waals surface area contributed by atoms with Gasteiger partial charge in [0.05, 0.1) is 35.3 Å². The lowest BCUT2D eigenvalue weighted by atomic mass is 9.97. The molecule has 0 fully saturated rings. The van der Waals surface area contributed by atoms with Gasteiger partial charge < -0.3 is 14.6 Å². The van der Waals surface area contributed by atoms with E-state index < -0.39 is 11.8 Å². The third-order valence-electron chi connectivity index (χ3n) is 6.74. The fourth-order valence-electron chi connectivity index (χ4n) is 5.03. The monoisotopic (exact) mass is 491 g/mol. The van der Waals surface area contributed by atoms with Crippen LogP contribution in [0.15, 0.2) is 79.0 Å². The fraction of sp³-hybridized carbons (Fsp3) is 0.138. The van der Waals surface area contributed by atoms with E-state index in [4.69, 9.17) is 0 Å². The molecule has 0 bridgehead atoms. The average Bonchev–Trinajstić information content (AvgIpc) is 3.55. The standard InChI is InChI=1S/C29H25N5O3/c1-32(2)18-8-7-9-19(16-18)33-17-22(20-10-3-5-12-23(20)33)25-26(29(37)30-28(25)36)27-21-11-4-6-13-24(21)34(31-27)14-15-35/h3-13,16-17,35H,14-15H2,1-2H3,(H,30,36,37). The van der Waals surface area contributed by atoms with Gasteiger partial charge in [0.15, 0.2) is 0 Å². The van der Waals surface area contributed by atoms with Crippen LogP contribution in [0.1, 0.15) is 11.3 Å². The van der Waals surface area contributed by atoms with E-state index in [-0.39, 0.29) is 18.7 Å². The highest BCUT2D eigenvalue weighted by atomic mass is 16.3. The van der Waals surface area contributed by atoms with Gasteiger partial charge in [-0.15, -0.1) is 0 Å². The quantitative estimate of drug-likeness (QED) is 0.354. The summed E-state index contributed by atoms with van der Waals surface area (Å²) in [5.74, 6) is -0.934. The van der Waals surface area contributed by atoms with E-state index in [0.717, 1.165) is 33.2 Å². The molecule has 37 heavy (non-hydrogen) atoms. The van der Waals surface area contributed by atoms with Gasteiger partial charge in [-0.2, -0.15) is 5.10 Å². The molecule has 6 rings (SSSR count). The molecule has 0 spiro atoms. The summed E-state index contributed by atoms with van der Waals surface area (Å²) in [6, 6.07) is 23.5. The third kappa shape index (κ3) is 3.61. The molecule has 0 unspecified atom stereocenters. The number of hydrogen-bond donors (Lipinski definition) is 2. The molecule has 0 atom stereocenters. The molecule has 3 aromatic carbocycles. The number of aliphatic hydroxyl groups excluding tert-OH is 1. The van der Waals surface area contributed by atoms with Crippen molar-refractivity contribution in [2.75, 3.05) is 25.6 Å². The predicted octanol–water partition coefficient (Wildman–Crippen LogP) is 3.61. The Balaban J connectivity index is 1.63. The molecule has 2 N–H and O–H groups in total. The third-order valence-corrected chi connectivity index (χ3v) is 6.74. The van der Waals surface area contributed by atoms with Crippen molar-refractivity contribution >= 4 is 50.5 Å². The first kappa shape index (κ1) is 22.8. The molecule has 0 aliphatic carbocycles. The number of carbonyl (C=O) groups excluding carboxylic acids is 2. The Bertz CT molecular complexity index is 1740. The van der Waals surface area contributed by atoms with Gasteiger partial charge >= 0.3 is 0 Å². The molecule has 1 aliphatic heterocycles. The van der Waals surface area contributed by atoms with Gasteiger partial charge in [-0.1, -0.05) is 42.5 Å². The van der Waals surface area contributed by atoms with E-state index in [2.05, 4.69) is 16.5 Å². The lowest BCUT2D eigenvalue weighted by Crippen LogP contribution is -2.22. The minimum Gasteiger partial charge on any atom is -0.394 e. The van der Waals surface area contributed by atoms with Crippen molar-refractivity contribution in [2.45, 2.75) is 6.54 Å². The second-order valence-corrected chi connectivity index (χ2v) is 9.19. The molecule has 3 heterocycles. The van der Waals surface area contributed by atoms with Crippen LogP contribution in [0.2, 0.25) is 0 Å². The van der Waals surface area contributed by atoms with Crippen LogP contribution < -0.4 is 10.2 Å². The summed E-state index contributed by atoms with van der Waals surface area (Å²) in [6.45, 7) is 0.182. The summed E-state index contributed by atoms with van der Waals surface area (Å²) in [5.41, 5.74) is 5.31. The average molecular weight is 492 g/mol. The summed E-state index contributed by atoms with van der Waals surface area (Å²) < 4.78 is 3.71. The summed E-state index contributed by atoms with van der Waals surface area (Å²) in [6.07, 6.45) is 1.92. The number of carbonyl (C=O) groups is 2. The van der Waals surface area contributed by atoms with E-state index in [9.17, 15) is 14.7 Å². The molecule has 0 saturated carbocycles. The van der Waals surface area contributed by atoms with Crippen LogP contribution in [0.4, 0.5) is 5.69 Å². The molecule has 0 radical (unpaired) electrons. The van der Waals surface area contributed by atoms with E-state index in [1.165, 1.54) is 0 Å². The van der Waals surface area contributed by atoms with Crippen molar-refractivity contribution in [3.05, 3.63) is 90.3 Å². The maximum atomic E-state index is 13.3. The molecule has 5 aromatic rings. The Hall–Kier alpha value is -4.69. The second-order valence-electron chi connectivity index (χ2n) is 9.19. The van der Waals surface area contributed by atoms with Crippen molar-refractivity contribution < 1.29 is 14.7 Å². The predicted molar refractivity (Wildman–Crippen MR) is 144 cm³/mol. The molecular weight excluding hydrogens is 466 g/mol. The Morgan fingerprint density at radius 2 is 1.57 bits per heavy atom. The maximum Gasteiger partial charge on any atom is 0.261 e. The SMILES string of the molecule is CN(C)c1cccc(-n2cc(C3=C(c4nn(CCO)c5ccccc45)C(=O)NC3=O)c3ccccc32)c1. The molecule has 184 valence electrons. The highest BCUT2D eigenvalue weighted by Gasteiger charge is 2.36. The fourth-order valence-corrected chi connectivity index (χ4v) is 5.03. The van der Waals surface area contributed by atoms with Gasteiger partial charge in [-0.25, -0.2) is 0 Å². The first-order valence-corrected chi connectivity index (χ1v) is 12.0. The van der Waals surface area contributed by atoms with E-state index in [1.54, 1.807) is 4.68 Å². The number of aromatic nitrogens is 3. The van der Waals surface area contributed by atoms with E-state index in [1.807, 2.05) is 96.5 Å². The molecule has 8 nitrogen and oxygen atoms in total. The van der Waals surface area contributed by atoms with Crippen LogP contribution in [0.25, 0.3) is 38.6 Å². The number of aliphatic hydroxyl groups is 1. The van der Waals surface area contributed by atoms with Gasteiger partial charge in [0, 0.05) is 48.0 Å². The van der Waals surface area contributed by atoms with Gasteiger partial charge in [-0.3, -0.25) is 19.6 Å². The summed E-state index contributed by atoms with van der Waals surface area (Å²) >= 11 is 0. The van der Waals surface area contributed by atoms with Crippen LogP contribution >= 0.6 is 0 Å². The number of fused-ring (bicyclic) bond motifs is 2. The number of nitrogens with one attached hydrogen (secondary N) is 1. The second kappa shape index (κ2) is 8.76. The Kier molecular flexibility index (Phi) is 5.39. The maximum absolute atomic E-state index is 13.3. The van der Waals surface area contributed by atoms with Crippen LogP contribution in [0, 0.1) is 0 Å². The van der Waals surface area contributed by atoms with E-state index >= 15 is 0 Å². The number of amides is 2. The number of hydrogen-bond acceptors (Lipinski definition) is 5. The minimum atomic E-state index is -0.481. The Morgan fingerprint density at radius 1 is 0.865 bits per heavy atom. The summed E-state index contributed by atoms with van der Waals surface area (Å²) in [4.78, 5) is 28.5. The number of nitrogens with zero attached hydrogens (tertiary/aromatic N) is 4. The van der Waals surface area contributed by atoms with Crippen molar-refractivity contribution in [1.29, 1.82) is 0 Å². The van der Waals surface area contributed by atoms with Crippen molar-refractivity contribution in [1.82, 2.24) is 19.7 Å². The first-order valence-electron chi connectivity index (χ1n) is 12.0. The van der Waals surface area contributed by atoms with Crippen molar-refractivity contribution in [3.8, 4) is 5.69 Å². The largest absolute Gasteiger partial charge is 0.394 e. The number of anilines is 1. The van der Waals surface area contributed by atoms with Crippen LogP contribution in [-0.4, -0.2) is 52.0 Å². The van der Waals surface area contributed by atoms with Gasteiger partial charge in [0.2, 0.25) is 0 Å². The normalized spacial score (nSPS) is 13.7. The van der Waals surface area contributed by atoms with Gasteiger partial charge in [0.25, 0.3) is 11.8 Å². The van der Waals surface area contributed by atoms with Crippen LogP contribution in [0.5, 0.6) is 0 Å². The van der Waals surface area contributed by atoms with Crippen LogP contribution in [-0.2, 0) is 16.1 Å². The summed E-state index contributed by atoms with van der Waals surface area (Å²) in [5, 5.41) is 18.3. The number of rotatable bonds is 6. The highest BCUT2D eigenvalue weighted by Crippen LogP contribution is 2.38. The Labute approximate surface area is 213 Å². The lowest BCUT2D eigenvalue weighted by Gasteiger charge is -2.14. The zero-order valence-electron chi connectivity index (χ0n) is 20.5. The highest BCUT2D eigenvalue weighted by molar-refractivity contribution is 6.50. The topological polar surface area (TPSA) is 92.4 Å². The van der Waals surface area contributed by atoms with Gasteiger partial charge in [-0.05, 0) is 30.3 Å². The molecule has 2 amide bonds. The van der Waals surface area contributed by atoms with Crippen molar-refractivity contribution in [3.63, 3.8) is 0 Å². The summed E-state index contributed by atoms with van der Waals surface area (Å²) in [7, 11) is 3.98. The molecule has 1 aliphatic rings.